The molecular weight excluding hydrogens is 457 g/mol. The van der Waals surface area contributed by atoms with Gasteiger partial charge in [0.1, 0.15) is 16.7 Å². The van der Waals surface area contributed by atoms with Crippen LogP contribution in [-0.4, -0.2) is 46.5 Å². The molecule has 1 aromatic heterocycles. The Balaban J connectivity index is 1.41. The van der Waals surface area contributed by atoms with Crippen LogP contribution in [-0.2, 0) is 4.79 Å². The van der Waals surface area contributed by atoms with Gasteiger partial charge in [0, 0.05) is 29.1 Å². The normalized spacial score (nSPS) is 20.6. The van der Waals surface area contributed by atoms with Gasteiger partial charge in [0.15, 0.2) is 0 Å². The van der Waals surface area contributed by atoms with Crippen LogP contribution >= 0.6 is 34.8 Å². The molecule has 0 radical (unpaired) electrons. The maximum Gasteiger partial charge on any atom is 0.239 e. The van der Waals surface area contributed by atoms with Crippen LogP contribution in [0.4, 0.5) is 5.82 Å². The molecule has 0 spiro atoms. The number of rotatable bonds is 5. The largest absolute Gasteiger partial charge is 0.362 e. The molecule has 1 aromatic carbocycles. The van der Waals surface area contributed by atoms with Gasteiger partial charge in [-0.15, -0.1) is 0 Å². The minimum absolute atomic E-state index is 0.0136. The Morgan fingerprint density at radius 1 is 1.19 bits per heavy atom. The molecule has 9 heteroatoms. The fourth-order valence-electron chi connectivity index (χ4n) is 4.29. The van der Waals surface area contributed by atoms with Crippen LogP contribution < -0.4 is 10.6 Å². The van der Waals surface area contributed by atoms with Crippen molar-refractivity contribution in [3.05, 3.63) is 50.9 Å². The number of anilines is 1. The summed E-state index contributed by atoms with van der Waals surface area (Å²) in [5.74, 6) is 1.77. The van der Waals surface area contributed by atoms with Crippen LogP contribution in [0.5, 0.6) is 0 Å². The maximum absolute atomic E-state index is 12.6. The fourth-order valence-corrected chi connectivity index (χ4v) is 5.01. The van der Waals surface area contributed by atoms with Gasteiger partial charge < -0.3 is 15.5 Å². The molecule has 2 saturated heterocycles. The number of carbonyl (C=O) groups excluding carboxylic acids is 1. The topological polar surface area (TPSA) is 70.2 Å². The molecule has 1 amide bonds. The van der Waals surface area contributed by atoms with Crippen LogP contribution in [0.3, 0.4) is 0 Å². The lowest BCUT2D eigenvalue weighted by Crippen LogP contribution is -2.46. The van der Waals surface area contributed by atoms with Crippen LogP contribution in [0.2, 0.25) is 15.1 Å². The summed E-state index contributed by atoms with van der Waals surface area (Å²) in [6, 6.07) is 5.30. The summed E-state index contributed by atoms with van der Waals surface area (Å²) >= 11 is 18.7. The van der Waals surface area contributed by atoms with E-state index in [0.717, 1.165) is 56.7 Å². The van der Waals surface area contributed by atoms with Gasteiger partial charge in [0.2, 0.25) is 5.91 Å². The molecule has 2 aliphatic heterocycles. The number of amides is 1. The van der Waals surface area contributed by atoms with Crippen molar-refractivity contribution in [2.75, 3.05) is 25.0 Å². The highest BCUT2D eigenvalue weighted by Crippen LogP contribution is 2.32. The van der Waals surface area contributed by atoms with Gasteiger partial charge in [0.25, 0.3) is 0 Å². The SMILES string of the molecule is C[C@@H](Nc1nc(C2CCN(C(=O)[C@H]3CCCN3)CC2)ncc1Cl)c1ccc(Cl)cc1Cl. The Kier molecular flexibility index (Phi) is 7.22. The van der Waals surface area contributed by atoms with E-state index in [1.807, 2.05) is 24.0 Å². The molecule has 2 atom stereocenters. The standard InChI is InChI=1S/C22H26Cl3N5O/c1-13(16-5-4-15(23)11-17(16)24)28-21-18(25)12-27-20(29-21)14-6-9-30(10-7-14)22(31)19-3-2-8-26-19/h4-5,11-14,19,26H,2-3,6-10H2,1H3,(H,27,28,29)/t13-,19-/m1/s1. The third-order valence-electron chi connectivity index (χ3n) is 6.08. The van der Waals surface area contributed by atoms with E-state index < -0.39 is 0 Å². The van der Waals surface area contributed by atoms with E-state index in [9.17, 15) is 4.79 Å². The van der Waals surface area contributed by atoms with Crippen molar-refractivity contribution < 1.29 is 4.79 Å². The number of nitrogens with zero attached hydrogens (tertiary/aromatic N) is 3. The molecule has 31 heavy (non-hydrogen) atoms. The van der Waals surface area contributed by atoms with Gasteiger partial charge in [0.05, 0.1) is 18.3 Å². The zero-order chi connectivity index (χ0) is 22.0. The third kappa shape index (κ3) is 5.25. The fraction of sp³-hybridized carbons (Fsp3) is 0.500. The molecule has 0 saturated carbocycles. The summed E-state index contributed by atoms with van der Waals surface area (Å²) in [5.41, 5.74) is 0.912. The summed E-state index contributed by atoms with van der Waals surface area (Å²) in [5, 5.41) is 8.28. The number of hydrogen-bond acceptors (Lipinski definition) is 5. The summed E-state index contributed by atoms with van der Waals surface area (Å²) < 4.78 is 0. The predicted molar refractivity (Wildman–Crippen MR) is 125 cm³/mol. The number of hydrogen-bond donors (Lipinski definition) is 2. The highest BCUT2D eigenvalue weighted by molar-refractivity contribution is 6.35. The van der Waals surface area contributed by atoms with Crippen LogP contribution in [0.15, 0.2) is 24.4 Å². The molecular formula is C22H26Cl3N5O. The Morgan fingerprint density at radius 2 is 1.97 bits per heavy atom. The summed E-state index contributed by atoms with van der Waals surface area (Å²) in [7, 11) is 0. The zero-order valence-corrected chi connectivity index (χ0v) is 19.6. The lowest BCUT2D eigenvalue weighted by Gasteiger charge is -2.33. The first kappa shape index (κ1) is 22.6. The molecule has 0 bridgehead atoms. The number of piperidine rings is 1. The second kappa shape index (κ2) is 9.90. The second-order valence-electron chi connectivity index (χ2n) is 8.21. The summed E-state index contributed by atoms with van der Waals surface area (Å²) in [6.07, 6.45) is 5.34. The first-order chi connectivity index (χ1) is 14.9. The first-order valence-corrected chi connectivity index (χ1v) is 11.8. The Morgan fingerprint density at radius 3 is 2.65 bits per heavy atom. The number of likely N-dealkylation sites (tertiary alicyclic amines) is 1. The van der Waals surface area contributed by atoms with Gasteiger partial charge in [-0.05, 0) is 56.8 Å². The summed E-state index contributed by atoms with van der Waals surface area (Å²) in [4.78, 5) is 23.8. The van der Waals surface area contributed by atoms with Gasteiger partial charge in [-0.2, -0.15) is 0 Å². The third-order valence-corrected chi connectivity index (χ3v) is 6.91. The van der Waals surface area contributed by atoms with Crippen LogP contribution in [0.1, 0.15) is 56.0 Å². The molecule has 0 unspecified atom stereocenters. The Hall–Kier alpha value is -1.60. The molecule has 2 aromatic rings. The van der Waals surface area contributed by atoms with E-state index in [0.29, 0.717) is 20.9 Å². The molecule has 2 N–H and O–H groups in total. The molecule has 2 fully saturated rings. The van der Waals surface area contributed by atoms with Gasteiger partial charge >= 0.3 is 0 Å². The molecule has 3 heterocycles. The van der Waals surface area contributed by atoms with Crippen LogP contribution in [0.25, 0.3) is 0 Å². The highest BCUT2D eigenvalue weighted by Gasteiger charge is 2.31. The number of benzene rings is 1. The molecule has 166 valence electrons. The van der Waals surface area contributed by atoms with E-state index in [4.69, 9.17) is 39.8 Å². The minimum Gasteiger partial charge on any atom is -0.362 e. The number of halogens is 3. The zero-order valence-electron chi connectivity index (χ0n) is 17.4. The van der Waals surface area contributed by atoms with Gasteiger partial charge in [-0.3, -0.25) is 4.79 Å². The molecule has 2 aliphatic rings. The van der Waals surface area contributed by atoms with Crippen molar-refractivity contribution in [2.24, 2.45) is 0 Å². The van der Waals surface area contributed by atoms with E-state index in [1.165, 1.54) is 0 Å². The predicted octanol–water partition coefficient (Wildman–Crippen LogP) is 5.07. The van der Waals surface area contributed by atoms with E-state index in [2.05, 4.69) is 15.6 Å². The van der Waals surface area contributed by atoms with E-state index >= 15 is 0 Å². The number of aromatic nitrogens is 2. The van der Waals surface area contributed by atoms with Gasteiger partial charge in [-0.25, -0.2) is 9.97 Å². The van der Waals surface area contributed by atoms with Crippen molar-refractivity contribution in [3.63, 3.8) is 0 Å². The quantitative estimate of drug-likeness (QED) is 0.623. The van der Waals surface area contributed by atoms with E-state index in [-0.39, 0.29) is 23.9 Å². The van der Waals surface area contributed by atoms with Gasteiger partial charge in [-0.1, -0.05) is 40.9 Å². The van der Waals surface area contributed by atoms with Crippen molar-refractivity contribution >= 4 is 46.5 Å². The van der Waals surface area contributed by atoms with Crippen molar-refractivity contribution in [2.45, 2.75) is 50.6 Å². The number of nitrogens with one attached hydrogen (secondary N) is 2. The maximum atomic E-state index is 12.6. The van der Waals surface area contributed by atoms with Crippen molar-refractivity contribution in [1.29, 1.82) is 0 Å². The van der Waals surface area contributed by atoms with Crippen LogP contribution in [0, 0.1) is 0 Å². The highest BCUT2D eigenvalue weighted by atomic mass is 35.5. The number of carbonyl (C=O) groups is 1. The Labute approximate surface area is 197 Å². The molecule has 6 nitrogen and oxygen atoms in total. The lowest BCUT2D eigenvalue weighted by molar-refractivity contribution is -0.134. The summed E-state index contributed by atoms with van der Waals surface area (Å²) in [6.45, 7) is 4.38. The Bertz CT molecular complexity index is 943. The van der Waals surface area contributed by atoms with Crippen molar-refractivity contribution in [3.8, 4) is 0 Å². The average molecular weight is 483 g/mol. The molecule has 4 rings (SSSR count). The molecule has 0 aliphatic carbocycles. The average Bonchev–Trinajstić information content (AvgIpc) is 3.30. The minimum atomic E-state index is -0.108. The second-order valence-corrected chi connectivity index (χ2v) is 9.46. The monoisotopic (exact) mass is 481 g/mol. The first-order valence-electron chi connectivity index (χ1n) is 10.7. The van der Waals surface area contributed by atoms with Crippen molar-refractivity contribution in [1.82, 2.24) is 20.2 Å². The smallest absolute Gasteiger partial charge is 0.239 e. The van der Waals surface area contributed by atoms with E-state index in [1.54, 1.807) is 12.3 Å². The lowest BCUT2D eigenvalue weighted by atomic mass is 9.95.